The average molecular weight is 1300 g/mol. The van der Waals surface area contributed by atoms with Gasteiger partial charge in [-0.2, -0.15) is 0 Å². The van der Waals surface area contributed by atoms with Crippen molar-refractivity contribution in [3.8, 4) is 89.0 Å². The minimum Gasteiger partial charge on any atom is -0.338 e. The normalized spacial score (nSPS) is 12.5. The second kappa shape index (κ2) is 24.8. The van der Waals surface area contributed by atoms with Gasteiger partial charge in [0.25, 0.3) is 6.71 Å². The quantitative estimate of drug-likeness (QED) is 0.0645. The standard InChI is InChI=1S/C99H73BN2/c1-99(2,3)62-65-52-94-98-95(53-65)102(64-89-85(71-38-21-9-22-39-71)57-79(68-32-15-6-16-33-68)58-86(89)72-40-23-10-24-41-72)93-51-49-75(77-54-76-44-27-46-81-80-45-25-42-73-43-26-47-82(96(73)80)87(59-77)97(76)81)61-91(93)100(98)90-60-74(66-28-11-4-12-29-66)48-50-92(90)101(94)63-88-83(69-34-17-7-18-35-69)55-78(67-30-13-5-14-31-67)56-84(88)70-36-19-8-20-37-70/h4-61H,62-64H2,1-3H3. The van der Waals surface area contributed by atoms with Gasteiger partial charge in [-0.15, -0.1) is 0 Å². The van der Waals surface area contributed by atoms with E-state index in [1.807, 2.05) is 0 Å². The molecule has 3 heteroatoms. The van der Waals surface area contributed by atoms with Crippen LogP contribution >= 0.6 is 0 Å². The molecule has 0 aliphatic carbocycles. The summed E-state index contributed by atoms with van der Waals surface area (Å²) in [6.07, 6.45) is 0.877. The van der Waals surface area contributed by atoms with Crippen molar-refractivity contribution in [3.05, 3.63) is 369 Å². The molecule has 482 valence electrons. The molecular weight excluding hydrogens is 1230 g/mol. The Kier molecular flexibility index (Phi) is 14.8. The van der Waals surface area contributed by atoms with Crippen LogP contribution in [-0.4, -0.2) is 6.71 Å². The number of benzene rings is 17. The van der Waals surface area contributed by atoms with Crippen LogP contribution in [0.4, 0.5) is 22.7 Å². The third kappa shape index (κ3) is 10.7. The van der Waals surface area contributed by atoms with Crippen molar-refractivity contribution in [2.45, 2.75) is 40.3 Å². The molecule has 0 N–H and O–H groups in total. The molecule has 0 saturated heterocycles. The average Bonchev–Trinajstić information content (AvgIpc) is 0.708. The number of rotatable bonds is 13. The Hall–Kier alpha value is -12.3. The second-order valence-corrected chi connectivity index (χ2v) is 29.2. The Balaban J connectivity index is 0.914. The molecule has 0 fully saturated rings. The molecule has 17 aromatic carbocycles. The summed E-state index contributed by atoms with van der Waals surface area (Å²) in [5.41, 5.74) is 31.8. The maximum absolute atomic E-state index is 2.74. The molecule has 102 heavy (non-hydrogen) atoms. The first kappa shape index (κ1) is 60.8. The molecule has 19 rings (SSSR count). The molecule has 0 radical (unpaired) electrons. The number of hydrogen-bond donors (Lipinski definition) is 0. The zero-order valence-corrected chi connectivity index (χ0v) is 57.6. The van der Waals surface area contributed by atoms with E-state index in [1.165, 1.54) is 188 Å². The lowest BCUT2D eigenvalue weighted by Crippen LogP contribution is -2.62. The molecule has 0 spiro atoms. The largest absolute Gasteiger partial charge is 0.338 e. The van der Waals surface area contributed by atoms with E-state index in [1.54, 1.807) is 0 Å². The SMILES string of the molecule is CC(C)(C)Cc1cc2c3c(c1)N(Cc1c(-c4ccccc4)cc(-c4ccccc4)cc1-c1ccccc1)c1ccc(-c4cc5cccc6c7cccc8cccc(c(c4)c56)c87)cc1B3c1cc(-c3ccccc3)ccc1N2Cc1c(-c2ccccc2)cc(-c2ccccc2)cc1-c1ccccc1. The third-order valence-electron chi connectivity index (χ3n) is 21.6. The maximum Gasteiger partial charge on any atom is 0.252 e. The summed E-state index contributed by atoms with van der Waals surface area (Å²) in [5, 5.41) is 10.3. The highest BCUT2D eigenvalue weighted by Gasteiger charge is 2.44. The lowest BCUT2D eigenvalue weighted by atomic mass is 9.33. The van der Waals surface area contributed by atoms with E-state index in [0.717, 1.165) is 6.42 Å². The van der Waals surface area contributed by atoms with Gasteiger partial charge >= 0.3 is 0 Å². The van der Waals surface area contributed by atoms with E-state index in [0.29, 0.717) is 13.1 Å². The molecular formula is C99H73BN2. The number of nitrogens with zero attached hydrogens (tertiary/aromatic N) is 2. The molecule has 2 aliphatic rings. The van der Waals surface area contributed by atoms with Crippen LogP contribution in [0.1, 0.15) is 37.5 Å². The van der Waals surface area contributed by atoms with Crippen molar-refractivity contribution in [1.82, 2.24) is 0 Å². The van der Waals surface area contributed by atoms with Crippen molar-refractivity contribution in [2.75, 3.05) is 9.80 Å². The lowest BCUT2D eigenvalue weighted by Gasteiger charge is -2.45. The molecule has 0 unspecified atom stereocenters. The van der Waals surface area contributed by atoms with Crippen LogP contribution in [0.15, 0.2) is 352 Å². The summed E-state index contributed by atoms with van der Waals surface area (Å²) in [6.45, 7) is 8.21. The molecule has 0 amide bonds. The van der Waals surface area contributed by atoms with Gasteiger partial charge in [0.1, 0.15) is 0 Å². The fraction of sp³-hybridized carbons (Fsp3) is 0.0707. The fourth-order valence-corrected chi connectivity index (χ4v) is 17.2. The van der Waals surface area contributed by atoms with Crippen molar-refractivity contribution < 1.29 is 0 Å². The highest BCUT2D eigenvalue weighted by molar-refractivity contribution is 7.00. The van der Waals surface area contributed by atoms with Crippen molar-refractivity contribution in [2.24, 2.45) is 5.41 Å². The van der Waals surface area contributed by atoms with Crippen LogP contribution in [0.2, 0.25) is 0 Å². The summed E-state index contributed by atoms with van der Waals surface area (Å²) in [5.74, 6) is 0. The molecule has 2 nitrogen and oxygen atoms in total. The van der Waals surface area contributed by atoms with E-state index in [9.17, 15) is 0 Å². The topological polar surface area (TPSA) is 6.48 Å². The van der Waals surface area contributed by atoms with E-state index >= 15 is 0 Å². The molecule has 2 aliphatic heterocycles. The monoisotopic (exact) mass is 1300 g/mol. The molecule has 0 atom stereocenters. The number of hydrogen-bond acceptors (Lipinski definition) is 2. The van der Waals surface area contributed by atoms with Crippen LogP contribution in [0.3, 0.4) is 0 Å². The first-order valence-corrected chi connectivity index (χ1v) is 36.0. The van der Waals surface area contributed by atoms with E-state index < -0.39 is 0 Å². The fourth-order valence-electron chi connectivity index (χ4n) is 17.2. The Morgan fingerprint density at radius 3 is 0.980 bits per heavy atom. The first-order valence-electron chi connectivity index (χ1n) is 36.0. The highest BCUT2D eigenvalue weighted by atomic mass is 15.2. The smallest absolute Gasteiger partial charge is 0.252 e. The Morgan fingerprint density at radius 2 is 0.588 bits per heavy atom. The van der Waals surface area contributed by atoms with E-state index in [-0.39, 0.29) is 12.1 Å². The van der Waals surface area contributed by atoms with Gasteiger partial charge in [-0.25, -0.2) is 0 Å². The molecule has 0 aromatic heterocycles. The van der Waals surface area contributed by atoms with E-state index in [2.05, 4.69) is 382 Å². The van der Waals surface area contributed by atoms with Crippen molar-refractivity contribution in [3.63, 3.8) is 0 Å². The maximum atomic E-state index is 2.74. The van der Waals surface area contributed by atoms with Crippen LogP contribution in [-0.2, 0) is 19.5 Å². The summed E-state index contributed by atoms with van der Waals surface area (Å²) in [7, 11) is 0. The predicted octanol–water partition coefficient (Wildman–Crippen LogP) is 24.5. The van der Waals surface area contributed by atoms with Gasteiger partial charge in [0.05, 0.1) is 0 Å². The molecule has 0 bridgehead atoms. The number of fused-ring (bicyclic) bond motifs is 6. The zero-order chi connectivity index (χ0) is 68.0. The zero-order valence-electron chi connectivity index (χ0n) is 57.6. The van der Waals surface area contributed by atoms with Crippen molar-refractivity contribution >= 4 is 88.9 Å². The van der Waals surface area contributed by atoms with Gasteiger partial charge in [0, 0.05) is 35.8 Å². The minimum absolute atomic E-state index is 0.0370. The Labute approximate surface area is 598 Å². The van der Waals surface area contributed by atoms with Gasteiger partial charge in [0.15, 0.2) is 0 Å². The van der Waals surface area contributed by atoms with Gasteiger partial charge in [-0.3, -0.25) is 0 Å². The molecule has 17 aromatic rings. The van der Waals surface area contributed by atoms with E-state index in [4.69, 9.17) is 0 Å². The molecule has 2 heterocycles. The van der Waals surface area contributed by atoms with Crippen LogP contribution < -0.4 is 26.2 Å². The second-order valence-electron chi connectivity index (χ2n) is 29.2. The van der Waals surface area contributed by atoms with Crippen molar-refractivity contribution in [1.29, 1.82) is 0 Å². The predicted molar refractivity (Wildman–Crippen MR) is 436 cm³/mol. The Bertz CT molecular complexity index is 5900. The van der Waals surface area contributed by atoms with Crippen LogP contribution in [0.25, 0.3) is 132 Å². The van der Waals surface area contributed by atoms with Gasteiger partial charge < -0.3 is 9.80 Å². The Morgan fingerprint density at radius 1 is 0.255 bits per heavy atom. The van der Waals surface area contributed by atoms with Gasteiger partial charge in [-0.1, -0.05) is 312 Å². The third-order valence-corrected chi connectivity index (χ3v) is 21.6. The number of anilines is 4. The van der Waals surface area contributed by atoms with Crippen LogP contribution in [0.5, 0.6) is 0 Å². The van der Waals surface area contributed by atoms with Gasteiger partial charge in [-0.05, 0) is 238 Å². The summed E-state index contributed by atoms with van der Waals surface area (Å²) in [6, 6.07) is 133. The minimum atomic E-state index is -0.170. The summed E-state index contributed by atoms with van der Waals surface area (Å²) in [4.78, 5) is 5.48. The first-order chi connectivity index (χ1) is 50.2. The van der Waals surface area contributed by atoms with Crippen LogP contribution in [0, 0.1) is 5.41 Å². The highest BCUT2D eigenvalue weighted by Crippen LogP contribution is 2.49. The summed E-state index contributed by atoms with van der Waals surface area (Å²) >= 11 is 0. The summed E-state index contributed by atoms with van der Waals surface area (Å²) < 4.78 is 0. The lowest BCUT2D eigenvalue weighted by molar-refractivity contribution is 0.411. The van der Waals surface area contributed by atoms with Gasteiger partial charge in [0.2, 0.25) is 0 Å². The molecule has 0 saturated carbocycles.